The summed E-state index contributed by atoms with van der Waals surface area (Å²) in [7, 11) is 4.01. The van der Waals surface area contributed by atoms with Gasteiger partial charge in [-0.3, -0.25) is 9.48 Å². The zero-order chi connectivity index (χ0) is 16.9. The molecule has 5 nitrogen and oxygen atoms in total. The number of aromatic nitrogens is 2. The maximum atomic E-state index is 12.5. The predicted molar refractivity (Wildman–Crippen MR) is 95.6 cm³/mol. The minimum atomic E-state index is -0.0458. The molecule has 0 aliphatic rings. The lowest BCUT2D eigenvalue weighted by Gasteiger charge is -2.23. The number of amides is 1. The molecule has 0 radical (unpaired) electrons. The fourth-order valence-corrected chi connectivity index (χ4v) is 2.81. The van der Waals surface area contributed by atoms with E-state index in [1.807, 2.05) is 68.7 Å². The van der Waals surface area contributed by atoms with Crippen molar-refractivity contribution in [1.29, 1.82) is 0 Å². The van der Waals surface area contributed by atoms with E-state index < -0.39 is 0 Å². The summed E-state index contributed by atoms with van der Waals surface area (Å²) >= 11 is 0. The van der Waals surface area contributed by atoms with Gasteiger partial charge in [0.2, 0.25) is 5.91 Å². The lowest BCUT2D eigenvalue weighted by Crippen LogP contribution is -2.37. The average molecular weight is 322 g/mol. The number of likely N-dealkylation sites (N-methyl/N-ethyl adjacent to an activating group) is 1. The number of nitrogens with zero attached hydrogens (tertiary/aromatic N) is 3. The fraction of sp³-hybridized carbons (Fsp3) is 0.263. The van der Waals surface area contributed by atoms with Crippen molar-refractivity contribution >= 4 is 16.8 Å². The van der Waals surface area contributed by atoms with Gasteiger partial charge < -0.3 is 10.2 Å². The Morgan fingerprint density at radius 1 is 1.12 bits per heavy atom. The molecule has 1 amide bonds. The van der Waals surface area contributed by atoms with Gasteiger partial charge in [-0.15, -0.1) is 0 Å². The Labute approximate surface area is 141 Å². The quantitative estimate of drug-likeness (QED) is 0.758. The molecule has 0 bridgehead atoms. The highest BCUT2D eigenvalue weighted by Crippen LogP contribution is 2.15. The molecular formula is C19H22N4O. The summed E-state index contributed by atoms with van der Waals surface area (Å²) in [5.41, 5.74) is 2.07. The van der Waals surface area contributed by atoms with Crippen LogP contribution in [-0.2, 0) is 11.3 Å². The van der Waals surface area contributed by atoms with E-state index in [1.165, 1.54) is 0 Å². The van der Waals surface area contributed by atoms with E-state index in [-0.39, 0.29) is 18.5 Å². The highest BCUT2D eigenvalue weighted by Gasteiger charge is 2.16. The Bertz CT molecular complexity index is 810. The summed E-state index contributed by atoms with van der Waals surface area (Å²) in [6, 6.07) is 17.9. The Morgan fingerprint density at radius 3 is 2.58 bits per heavy atom. The van der Waals surface area contributed by atoms with Crippen LogP contribution < -0.4 is 5.32 Å². The third kappa shape index (κ3) is 3.81. The Hall–Kier alpha value is -2.66. The molecule has 2 aromatic carbocycles. The van der Waals surface area contributed by atoms with Crippen molar-refractivity contribution in [3.63, 3.8) is 0 Å². The first-order valence-corrected chi connectivity index (χ1v) is 8.03. The Morgan fingerprint density at radius 2 is 1.83 bits per heavy atom. The number of carbonyl (C=O) groups excluding carboxylic acids is 1. The highest BCUT2D eigenvalue weighted by molar-refractivity contribution is 5.82. The summed E-state index contributed by atoms with van der Waals surface area (Å²) in [6.45, 7) is 0.958. The predicted octanol–water partition coefficient (Wildman–Crippen LogP) is 2.46. The van der Waals surface area contributed by atoms with Gasteiger partial charge in [-0.1, -0.05) is 48.5 Å². The zero-order valence-corrected chi connectivity index (χ0v) is 14.0. The number of carbonyl (C=O) groups is 1. The van der Waals surface area contributed by atoms with Crippen molar-refractivity contribution in [2.75, 3.05) is 20.6 Å². The van der Waals surface area contributed by atoms with E-state index in [0.29, 0.717) is 0 Å². The van der Waals surface area contributed by atoms with E-state index in [0.717, 1.165) is 23.0 Å². The van der Waals surface area contributed by atoms with Gasteiger partial charge in [0.25, 0.3) is 0 Å². The van der Waals surface area contributed by atoms with Crippen LogP contribution >= 0.6 is 0 Å². The van der Waals surface area contributed by atoms with Crippen molar-refractivity contribution in [2.45, 2.75) is 12.6 Å². The third-order valence-electron chi connectivity index (χ3n) is 3.93. The number of hydrogen-bond donors (Lipinski definition) is 1. The molecule has 24 heavy (non-hydrogen) atoms. The molecule has 0 aliphatic carbocycles. The van der Waals surface area contributed by atoms with E-state index in [2.05, 4.69) is 15.3 Å². The second-order valence-electron chi connectivity index (χ2n) is 6.15. The number of benzene rings is 2. The van der Waals surface area contributed by atoms with E-state index in [4.69, 9.17) is 0 Å². The maximum absolute atomic E-state index is 12.5. The minimum Gasteiger partial charge on any atom is -0.346 e. The lowest BCUT2D eigenvalue weighted by atomic mass is 10.1. The smallest absolute Gasteiger partial charge is 0.242 e. The van der Waals surface area contributed by atoms with Crippen LogP contribution in [0.25, 0.3) is 10.9 Å². The molecular weight excluding hydrogens is 300 g/mol. The summed E-state index contributed by atoms with van der Waals surface area (Å²) < 4.78 is 1.74. The number of hydrogen-bond acceptors (Lipinski definition) is 3. The molecule has 5 heteroatoms. The molecule has 3 aromatic rings. The van der Waals surface area contributed by atoms with Crippen molar-refractivity contribution in [1.82, 2.24) is 20.0 Å². The second kappa shape index (κ2) is 7.27. The van der Waals surface area contributed by atoms with Gasteiger partial charge in [0, 0.05) is 11.9 Å². The molecule has 0 unspecified atom stereocenters. The maximum Gasteiger partial charge on any atom is 0.242 e. The van der Waals surface area contributed by atoms with Crippen LogP contribution in [0.15, 0.2) is 60.8 Å². The van der Waals surface area contributed by atoms with E-state index in [9.17, 15) is 4.79 Å². The van der Waals surface area contributed by atoms with Gasteiger partial charge in [-0.05, 0) is 25.7 Å². The minimum absolute atomic E-state index is 0.0421. The van der Waals surface area contributed by atoms with Crippen LogP contribution in [0.2, 0.25) is 0 Å². The van der Waals surface area contributed by atoms with Crippen LogP contribution in [0.3, 0.4) is 0 Å². The molecule has 1 heterocycles. The van der Waals surface area contributed by atoms with Gasteiger partial charge in [-0.2, -0.15) is 5.10 Å². The van der Waals surface area contributed by atoms with Gasteiger partial charge in [-0.25, -0.2) is 0 Å². The zero-order valence-electron chi connectivity index (χ0n) is 14.0. The molecule has 3 rings (SSSR count). The number of para-hydroxylation sites is 1. The van der Waals surface area contributed by atoms with Gasteiger partial charge in [0.15, 0.2) is 0 Å². The number of rotatable bonds is 6. The van der Waals surface area contributed by atoms with E-state index in [1.54, 1.807) is 10.9 Å². The first-order chi connectivity index (χ1) is 11.6. The second-order valence-corrected chi connectivity index (χ2v) is 6.15. The monoisotopic (exact) mass is 322 g/mol. The lowest BCUT2D eigenvalue weighted by molar-refractivity contribution is -0.122. The van der Waals surface area contributed by atoms with Gasteiger partial charge in [0.1, 0.15) is 6.54 Å². The molecule has 0 saturated carbocycles. The standard InChI is InChI=1S/C19H22N4O/c1-22(2)13-17(15-8-4-3-5-9-15)21-19(24)14-23-18-11-7-6-10-16(18)12-20-23/h3-12,17H,13-14H2,1-2H3,(H,21,24)/t17-/m1/s1. The van der Waals surface area contributed by atoms with Gasteiger partial charge >= 0.3 is 0 Å². The molecule has 0 aliphatic heterocycles. The first kappa shape index (κ1) is 16.2. The average Bonchev–Trinajstić information content (AvgIpc) is 2.98. The summed E-state index contributed by atoms with van der Waals surface area (Å²) in [4.78, 5) is 14.6. The van der Waals surface area contributed by atoms with Crippen molar-refractivity contribution in [2.24, 2.45) is 0 Å². The van der Waals surface area contributed by atoms with Crippen LogP contribution in [0, 0.1) is 0 Å². The summed E-state index contributed by atoms with van der Waals surface area (Å²) in [5.74, 6) is -0.0421. The molecule has 1 atom stereocenters. The molecule has 0 spiro atoms. The molecule has 1 aromatic heterocycles. The first-order valence-electron chi connectivity index (χ1n) is 8.03. The SMILES string of the molecule is CN(C)C[C@@H](NC(=O)Cn1ncc2ccccc21)c1ccccc1. The van der Waals surface area contributed by atoms with Crippen molar-refractivity contribution < 1.29 is 4.79 Å². The third-order valence-corrected chi connectivity index (χ3v) is 3.93. The molecule has 0 fully saturated rings. The van der Waals surface area contributed by atoms with Crippen molar-refractivity contribution in [3.8, 4) is 0 Å². The molecule has 0 saturated heterocycles. The van der Waals surface area contributed by atoms with Gasteiger partial charge in [0.05, 0.1) is 17.8 Å². The molecule has 124 valence electrons. The normalized spacial score (nSPS) is 12.5. The van der Waals surface area contributed by atoms with Crippen LogP contribution in [-0.4, -0.2) is 41.2 Å². The van der Waals surface area contributed by atoms with Crippen LogP contribution in [0.4, 0.5) is 0 Å². The Kier molecular flexibility index (Phi) is 4.91. The molecule has 1 N–H and O–H groups in total. The van der Waals surface area contributed by atoms with Crippen molar-refractivity contribution in [3.05, 3.63) is 66.4 Å². The highest BCUT2D eigenvalue weighted by atomic mass is 16.2. The van der Waals surface area contributed by atoms with Crippen LogP contribution in [0.1, 0.15) is 11.6 Å². The number of nitrogens with one attached hydrogen (secondary N) is 1. The summed E-state index contributed by atoms with van der Waals surface area (Å²) in [5, 5.41) is 8.49. The van der Waals surface area contributed by atoms with E-state index >= 15 is 0 Å². The Balaban J connectivity index is 1.73. The van der Waals surface area contributed by atoms with Crippen LogP contribution in [0.5, 0.6) is 0 Å². The summed E-state index contributed by atoms with van der Waals surface area (Å²) in [6.07, 6.45) is 1.79. The largest absolute Gasteiger partial charge is 0.346 e. The fourth-order valence-electron chi connectivity index (χ4n) is 2.81. The topological polar surface area (TPSA) is 50.2 Å². The number of fused-ring (bicyclic) bond motifs is 1.